The van der Waals surface area contributed by atoms with Gasteiger partial charge in [0.05, 0.1) is 0 Å². The highest BCUT2D eigenvalue weighted by atomic mass is 16.6. The Balaban J connectivity index is 2.73. The summed E-state index contributed by atoms with van der Waals surface area (Å²) in [5, 5.41) is 0. The van der Waals surface area contributed by atoms with Gasteiger partial charge in [0.2, 0.25) is 0 Å². The smallest absolute Gasteiger partial charge is 0.330 e. The largest absolute Gasteiger partial charge is 0.488 e. The predicted octanol–water partition coefficient (Wildman–Crippen LogP) is 4.38. The number of esters is 1. The van der Waals surface area contributed by atoms with Gasteiger partial charge in [-0.05, 0) is 45.4 Å². The lowest BCUT2D eigenvalue weighted by molar-refractivity contribution is -0.154. The van der Waals surface area contributed by atoms with Crippen LogP contribution < -0.4 is 4.74 Å². The van der Waals surface area contributed by atoms with Gasteiger partial charge in [-0.25, -0.2) is 4.79 Å². The third kappa shape index (κ3) is 5.86. The van der Waals surface area contributed by atoms with E-state index in [-0.39, 0.29) is 0 Å². The molecule has 0 aliphatic rings. The number of hydrogen-bond donors (Lipinski definition) is 0. The molecule has 3 nitrogen and oxygen atoms in total. The summed E-state index contributed by atoms with van der Waals surface area (Å²) >= 11 is 0. The third-order valence-corrected chi connectivity index (χ3v) is 2.90. The van der Waals surface area contributed by atoms with E-state index in [1.54, 1.807) is 6.08 Å². The molecular weight excluding hydrogens is 264 g/mol. The first-order chi connectivity index (χ1) is 9.67. The van der Waals surface area contributed by atoms with Crippen LogP contribution in [0.4, 0.5) is 0 Å². The third-order valence-electron chi connectivity index (χ3n) is 2.90. The molecule has 1 rings (SSSR count). The molecule has 0 saturated carbocycles. The molecular formula is C18H24O3. The minimum absolute atomic E-state index is 0.425. The number of carbonyl (C=O) groups excluding carboxylic acids is 1. The molecule has 3 heteroatoms. The summed E-state index contributed by atoms with van der Waals surface area (Å²) in [6.45, 7) is 14.8. The summed E-state index contributed by atoms with van der Waals surface area (Å²) in [5.41, 5.74) is -0.0587. The summed E-state index contributed by atoms with van der Waals surface area (Å²) in [6, 6.07) is 7.70. The first-order valence-electron chi connectivity index (χ1n) is 6.94. The van der Waals surface area contributed by atoms with E-state index in [4.69, 9.17) is 9.47 Å². The van der Waals surface area contributed by atoms with Crippen molar-refractivity contribution in [2.45, 2.75) is 45.3 Å². The fraction of sp³-hybridized carbons (Fsp3) is 0.389. The molecule has 0 fully saturated rings. The molecule has 0 aromatic heterocycles. The van der Waals surface area contributed by atoms with Crippen LogP contribution in [-0.2, 0) is 9.53 Å². The van der Waals surface area contributed by atoms with E-state index >= 15 is 0 Å². The first kappa shape index (κ1) is 17.0. The molecule has 0 N–H and O–H groups in total. The van der Waals surface area contributed by atoms with Crippen LogP contribution in [0.15, 0.2) is 43.5 Å². The first-order valence-corrected chi connectivity index (χ1v) is 6.94. The normalized spacial score (nSPS) is 11.6. The van der Waals surface area contributed by atoms with Crippen molar-refractivity contribution in [1.82, 2.24) is 0 Å². The highest BCUT2D eigenvalue weighted by Crippen LogP contribution is 2.28. The molecule has 0 atom stereocenters. The van der Waals surface area contributed by atoms with Crippen molar-refractivity contribution in [1.29, 1.82) is 0 Å². The summed E-state index contributed by atoms with van der Waals surface area (Å²) < 4.78 is 11.3. The van der Waals surface area contributed by atoms with Crippen molar-refractivity contribution in [3.05, 3.63) is 49.1 Å². The Morgan fingerprint density at radius 3 is 2.14 bits per heavy atom. The Bertz CT molecular complexity index is 510. The maximum atomic E-state index is 11.4. The van der Waals surface area contributed by atoms with Gasteiger partial charge in [-0.1, -0.05) is 31.4 Å². The van der Waals surface area contributed by atoms with Gasteiger partial charge in [-0.2, -0.15) is 0 Å². The van der Waals surface area contributed by atoms with Crippen LogP contribution in [0.1, 0.15) is 39.7 Å². The molecule has 21 heavy (non-hydrogen) atoms. The topological polar surface area (TPSA) is 35.5 Å². The Labute approximate surface area is 127 Å². The molecule has 0 aliphatic heterocycles. The maximum Gasteiger partial charge on any atom is 0.330 e. The lowest BCUT2D eigenvalue weighted by Crippen LogP contribution is -2.40. The molecule has 0 unspecified atom stereocenters. The average Bonchev–Trinajstić information content (AvgIpc) is 2.36. The van der Waals surface area contributed by atoms with E-state index in [0.717, 1.165) is 11.3 Å². The van der Waals surface area contributed by atoms with Gasteiger partial charge in [0, 0.05) is 12.5 Å². The van der Waals surface area contributed by atoms with E-state index in [1.807, 2.05) is 52.0 Å². The minimum atomic E-state index is -0.629. The van der Waals surface area contributed by atoms with Gasteiger partial charge >= 0.3 is 5.97 Å². The van der Waals surface area contributed by atoms with Crippen molar-refractivity contribution in [2.24, 2.45) is 0 Å². The second-order valence-corrected chi connectivity index (χ2v) is 6.20. The highest BCUT2D eigenvalue weighted by molar-refractivity contribution is 5.81. The van der Waals surface area contributed by atoms with Crippen LogP contribution in [0, 0.1) is 0 Å². The van der Waals surface area contributed by atoms with E-state index < -0.39 is 17.2 Å². The van der Waals surface area contributed by atoms with Crippen molar-refractivity contribution in [3.63, 3.8) is 0 Å². The SMILES string of the molecule is C=CC(=O)OC(C)(C)CC(C)(C)Oc1ccc(C=C)cc1. The Morgan fingerprint density at radius 2 is 1.67 bits per heavy atom. The summed E-state index contributed by atoms with van der Waals surface area (Å²) in [7, 11) is 0. The molecule has 0 aliphatic carbocycles. The zero-order chi connectivity index (χ0) is 16.1. The predicted molar refractivity (Wildman–Crippen MR) is 86.2 cm³/mol. The zero-order valence-corrected chi connectivity index (χ0v) is 13.3. The molecule has 0 bridgehead atoms. The van der Waals surface area contributed by atoms with Crippen molar-refractivity contribution >= 4 is 12.0 Å². The maximum absolute atomic E-state index is 11.4. The second kappa shape index (κ2) is 6.61. The van der Waals surface area contributed by atoms with Crippen LogP contribution in [0.5, 0.6) is 5.75 Å². The van der Waals surface area contributed by atoms with E-state index in [9.17, 15) is 4.79 Å². The number of benzene rings is 1. The van der Waals surface area contributed by atoms with Gasteiger partial charge in [-0.15, -0.1) is 0 Å². The minimum Gasteiger partial charge on any atom is -0.488 e. The standard InChI is InChI=1S/C18H24O3/c1-7-14-9-11-15(12-10-14)20-17(3,4)13-18(5,6)21-16(19)8-2/h7-12H,1-2,13H2,3-6H3. The highest BCUT2D eigenvalue weighted by Gasteiger charge is 2.33. The fourth-order valence-corrected chi connectivity index (χ4v) is 2.40. The summed E-state index contributed by atoms with van der Waals surface area (Å²) in [6.07, 6.45) is 3.51. The molecule has 0 amide bonds. The lowest BCUT2D eigenvalue weighted by Gasteiger charge is -2.34. The fourth-order valence-electron chi connectivity index (χ4n) is 2.40. The summed E-state index contributed by atoms with van der Waals surface area (Å²) in [5.74, 6) is 0.350. The Morgan fingerprint density at radius 1 is 1.10 bits per heavy atom. The van der Waals surface area contributed by atoms with Gasteiger partial charge in [0.25, 0.3) is 0 Å². The zero-order valence-electron chi connectivity index (χ0n) is 13.3. The van der Waals surface area contributed by atoms with Gasteiger partial charge in [-0.3, -0.25) is 0 Å². The van der Waals surface area contributed by atoms with Crippen molar-refractivity contribution < 1.29 is 14.3 Å². The van der Waals surface area contributed by atoms with E-state index in [1.165, 1.54) is 6.08 Å². The molecule has 0 heterocycles. The van der Waals surface area contributed by atoms with Crippen LogP contribution in [0.2, 0.25) is 0 Å². The van der Waals surface area contributed by atoms with Crippen LogP contribution in [-0.4, -0.2) is 17.2 Å². The molecule has 1 aromatic rings. The van der Waals surface area contributed by atoms with Crippen LogP contribution >= 0.6 is 0 Å². The Hall–Kier alpha value is -2.03. The number of ether oxygens (including phenoxy) is 2. The monoisotopic (exact) mass is 288 g/mol. The van der Waals surface area contributed by atoms with Crippen LogP contribution in [0.25, 0.3) is 6.08 Å². The summed E-state index contributed by atoms with van der Waals surface area (Å²) in [4.78, 5) is 11.4. The van der Waals surface area contributed by atoms with E-state index in [0.29, 0.717) is 6.42 Å². The number of rotatable bonds is 7. The number of hydrogen-bond acceptors (Lipinski definition) is 3. The molecule has 114 valence electrons. The average molecular weight is 288 g/mol. The van der Waals surface area contributed by atoms with Gasteiger partial charge in [0.15, 0.2) is 0 Å². The van der Waals surface area contributed by atoms with Gasteiger partial charge in [0.1, 0.15) is 17.0 Å². The van der Waals surface area contributed by atoms with Crippen molar-refractivity contribution in [3.8, 4) is 5.75 Å². The van der Waals surface area contributed by atoms with E-state index in [2.05, 4.69) is 13.2 Å². The molecule has 1 aromatic carbocycles. The van der Waals surface area contributed by atoms with Gasteiger partial charge < -0.3 is 9.47 Å². The lowest BCUT2D eigenvalue weighted by atomic mass is 9.92. The second-order valence-electron chi connectivity index (χ2n) is 6.20. The Kier molecular flexibility index (Phi) is 5.36. The van der Waals surface area contributed by atoms with Crippen LogP contribution in [0.3, 0.4) is 0 Å². The molecule has 0 spiro atoms. The molecule has 0 saturated heterocycles. The van der Waals surface area contributed by atoms with Crippen molar-refractivity contribution in [2.75, 3.05) is 0 Å². The molecule has 0 radical (unpaired) electrons. The quantitative estimate of drug-likeness (QED) is 0.551. The number of carbonyl (C=O) groups is 1.